The van der Waals surface area contributed by atoms with E-state index in [2.05, 4.69) is 10.2 Å². The number of carbonyl (C=O) groups is 1. The number of hydrogen-bond acceptors (Lipinski definition) is 4. The fraction of sp³-hybridized carbons (Fsp3) is 0.588. The number of piperidine rings is 1. The van der Waals surface area contributed by atoms with E-state index in [1.165, 1.54) is 6.42 Å². The summed E-state index contributed by atoms with van der Waals surface area (Å²) < 4.78 is 23.2. The van der Waals surface area contributed by atoms with Gasteiger partial charge in [0.1, 0.15) is 0 Å². The summed E-state index contributed by atoms with van der Waals surface area (Å²) in [6.45, 7) is 3.70. The predicted octanol–water partition coefficient (Wildman–Crippen LogP) is 1.28. The van der Waals surface area contributed by atoms with Gasteiger partial charge in [0.05, 0.1) is 4.90 Å². The molecular formula is C17H26N4O3S. The van der Waals surface area contributed by atoms with Crippen molar-refractivity contribution in [3.63, 3.8) is 0 Å². The second-order valence-corrected chi connectivity index (χ2v) is 8.27. The van der Waals surface area contributed by atoms with Crippen LogP contribution in [0.3, 0.4) is 0 Å². The molecule has 0 radical (unpaired) electrons. The molecule has 0 bridgehead atoms. The van der Waals surface area contributed by atoms with E-state index < -0.39 is 10.0 Å². The summed E-state index contributed by atoms with van der Waals surface area (Å²) >= 11 is 0. The Morgan fingerprint density at radius 3 is 2.60 bits per heavy atom. The van der Waals surface area contributed by atoms with Crippen LogP contribution in [0, 0.1) is 0 Å². The molecule has 1 fully saturated rings. The van der Waals surface area contributed by atoms with Crippen LogP contribution in [0.25, 0.3) is 0 Å². The Labute approximate surface area is 149 Å². The lowest BCUT2D eigenvalue weighted by atomic mass is 10.0. The van der Waals surface area contributed by atoms with Gasteiger partial charge in [-0.25, -0.2) is 18.4 Å². The molecule has 25 heavy (non-hydrogen) atoms. The third-order valence-corrected chi connectivity index (χ3v) is 5.81. The van der Waals surface area contributed by atoms with Gasteiger partial charge in [0.15, 0.2) is 0 Å². The van der Waals surface area contributed by atoms with Crippen molar-refractivity contribution in [1.29, 1.82) is 0 Å². The van der Waals surface area contributed by atoms with E-state index in [0.29, 0.717) is 13.1 Å². The number of aryl methyl sites for hydroxylation is 1. The van der Waals surface area contributed by atoms with E-state index in [1.54, 1.807) is 12.1 Å². The van der Waals surface area contributed by atoms with Crippen molar-refractivity contribution in [2.45, 2.75) is 37.0 Å². The summed E-state index contributed by atoms with van der Waals surface area (Å²) in [5.74, 6) is 0. The number of likely N-dealkylation sites (tertiary alicyclic amines) is 1. The van der Waals surface area contributed by atoms with Crippen LogP contribution >= 0.6 is 0 Å². The number of primary sulfonamides is 1. The molecule has 7 nitrogen and oxygen atoms in total. The van der Waals surface area contributed by atoms with Gasteiger partial charge < -0.3 is 15.1 Å². The molecule has 0 unspecified atom stereocenters. The zero-order chi connectivity index (χ0) is 17.9. The van der Waals surface area contributed by atoms with Gasteiger partial charge in [-0.3, -0.25) is 0 Å². The SMILES string of the molecule is NS(=O)(=O)c1ccc2c(c1)N(CCNC(=O)N1CCCCC1)CCC2. The Morgan fingerprint density at radius 1 is 1.12 bits per heavy atom. The Balaban J connectivity index is 1.61. The molecule has 8 heteroatoms. The van der Waals surface area contributed by atoms with Crippen LogP contribution in [0.1, 0.15) is 31.2 Å². The Morgan fingerprint density at radius 2 is 1.88 bits per heavy atom. The molecule has 2 aliphatic heterocycles. The zero-order valence-corrected chi connectivity index (χ0v) is 15.2. The van der Waals surface area contributed by atoms with Gasteiger partial charge in [-0.05, 0) is 49.8 Å². The van der Waals surface area contributed by atoms with Gasteiger partial charge in [0, 0.05) is 38.4 Å². The first-order valence-electron chi connectivity index (χ1n) is 8.88. The van der Waals surface area contributed by atoms with E-state index in [4.69, 9.17) is 5.14 Å². The van der Waals surface area contributed by atoms with Crippen molar-refractivity contribution in [3.05, 3.63) is 23.8 Å². The van der Waals surface area contributed by atoms with Gasteiger partial charge in [-0.15, -0.1) is 0 Å². The standard InChI is InChI=1S/C17H26N4O3S/c18-25(23,24)15-7-6-14-5-4-11-20(16(14)13-15)12-8-19-17(22)21-9-2-1-3-10-21/h6-7,13H,1-5,8-12H2,(H,19,22)(H2,18,23,24). The number of rotatable bonds is 4. The molecule has 2 heterocycles. The maximum Gasteiger partial charge on any atom is 0.317 e. The highest BCUT2D eigenvalue weighted by molar-refractivity contribution is 7.89. The number of nitrogens with two attached hydrogens (primary N) is 1. The Hall–Kier alpha value is -1.80. The Kier molecular flexibility index (Phi) is 5.48. The summed E-state index contributed by atoms with van der Waals surface area (Å²) in [5, 5.41) is 8.23. The van der Waals surface area contributed by atoms with Crippen molar-refractivity contribution < 1.29 is 13.2 Å². The summed E-state index contributed by atoms with van der Waals surface area (Å²) in [7, 11) is -3.71. The van der Waals surface area contributed by atoms with Gasteiger partial charge in [-0.1, -0.05) is 6.07 Å². The number of carbonyl (C=O) groups excluding carboxylic acids is 1. The Bertz CT molecular complexity index is 729. The van der Waals surface area contributed by atoms with Crippen LogP contribution in [-0.4, -0.2) is 52.1 Å². The first-order valence-corrected chi connectivity index (χ1v) is 10.4. The van der Waals surface area contributed by atoms with E-state index in [0.717, 1.165) is 56.6 Å². The molecule has 2 aliphatic rings. The topological polar surface area (TPSA) is 95.7 Å². The molecule has 3 N–H and O–H groups in total. The molecule has 1 saturated heterocycles. The average Bonchev–Trinajstić information content (AvgIpc) is 2.61. The minimum absolute atomic E-state index is 0.00443. The van der Waals surface area contributed by atoms with Gasteiger partial charge in [-0.2, -0.15) is 0 Å². The molecule has 138 valence electrons. The molecule has 1 aromatic rings. The molecule has 0 spiro atoms. The summed E-state index contributed by atoms with van der Waals surface area (Å²) in [5.41, 5.74) is 2.03. The minimum Gasteiger partial charge on any atom is -0.369 e. The lowest BCUT2D eigenvalue weighted by molar-refractivity contribution is 0.186. The van der Waals surface area contributed by atoms with E-state index in [-0.39, 0.29) is 10.9 Å². The van der Waals surface area contributed by atoms with Crippen LogP contribution in [0.4, 0.5) is 10.5 Å². The van der Waals surface area contributed by atoms with Gasteiger partial charge in [0.25, 0.3) is 0 Å². The highest BCUT2D eigenvalue weighted by Gasteiger charge is 2.20. The largest absolute Gasteiger partial charge is 0.369 e. The quantitative estimate of drug-likeness (QED) is 0.839. The van der Waals surface area contributed by atoms with Crippen LogP contribution in [0.5, 0.6) is 0 Å². The van der Waals surface area contributed by atoms with Crippen molar-refractivity contribution in [3.8, 4) is 0 Å². The fourth-order valence-electron chi connectivity index (χ4n) is 3.55. The number of urea groups is 1. The van der Waals surface area contributed by atoms with Gasteiger partial charge in [0.2, 0.25) is 10.0 Å². The predicted molar refractivity (Wildman–Crippen MR) is 97.2 cm³/mol. The average molecular weight is 366 g/mol. The third-order valence-electron chi connectivity index (χ3n) is 4.90. The second kappa shape index (κ2) is 7.61. The molecule has 1 aromatic carbocycles. The molecule has 0 aromatic heterocycles. The summed E-state index contributed by atoms with van der Waals surface area (Å²) in [6, 6.07) is 5.05. The van der Waals surface area contributed by atoms with Crippen molar-refractivity contribution in [1.82, 2.24) is 10.2 Å². The van der Waals surface area contributed by atoms with Crippen LogP contribution < -0.4 is 15.4 Å². The number of amides is 2. The van der Waals surface area contributed by atoms with Crippen molar-refractivity contribution in [2.75, 3.05) is 37.6 Å². The van der Waals surface area contributed by atoms with Crippen molar-refractivity contribution in [2.24, 2.45) is 5.14 Å². The number of fused-ring (bicyclic) bond motifs is 1. The number of hydrogen-bond donors (Lipinski definition) is 2. The third kappa shape index (κ3) is 4.43. The number of sulfonamides is 1. The molecule has 3 rings (SSSR count). The molecule has 2 amide bonds. The van der Waals surface area contributed by atoms with Crippen LogP contribution in [-0.2, 0) is 16.4 Å². The lowest BCUT2D eigenvalue weighted by Crippen LogP contribution is -2.45. The lowest BCUT2D eigenvalue weighted by Gasteiger charge is -2.32. The highest BCUT2D eigenvalue weighted by atomic mass is 32.2. The normalized spacial score (nSPS) is 18.0. The smallest absolute Gasteiger partial charge is 0.317 e. The highest BCUT2D eigenvalue weighted by Crippen LogP contribution is 2.29. The summed E-state index contributed by atoms with van der Waals surface area (Å²) in [4.78, 5) is 16.3. The first-order chi connectivity index (χ1) is 11.9. The molecular weight excluding hydrogens is 340 g/mol. The minimum atomic E-state index is -3.71. The van der Waals surface area contributed by atoms with Crippen LogP contribution in [0.15, 0.2) is 23.1 Å². The molecule has 0 atom stereocenters. The second-order valence-electron chi connectivity index (χ2n) is 6.71. The van der Waals surface area contributed by atoms with Gasteiger partial charge >= 0.3 is 6.03 Å². The van der Waals surface area contributed by atoms with E-state index in [1.807, 2.05) is 11.0 Å². The van der Waals surface area contributed by atoms with Crippen molar-refractivity contribution >= 4 is 21.7 Å². The monoisotopic (exact) mass is 366 g/mol. The van der Waals surface area contributed by atoms with E-state index >= 15 is 0 Å². The fourth-order valence-corrected chi connectivity index (χ4v) is 4.08. The zero-order valence-electron chi connectivity index (χ0n) is 14.4. The number of benzene rings is 1. The molecule has 0 aliphatic carbocycles. The first kappa shape index (κ1) is 18.0. The maximum atomic E-state index is 12.2. The maximum absolute atomic E-state index is 12.2. The van der Waals surface area contributed by atoms with E-state index in [9.17, 15) is 13.2 Å². The number of nitrogens with one attached hydrogen (secondary N) is 1. The molecule has 0 saturated carbocycles. The summed E-state index contributed by atoms with van der Waals surface area (Å²) in [6.07, 6.45) is 5.28. The number of anilines is 1. The number of nitrogens with zero attached hydrogens (tertiary/aromatic N) is 2. The van der Waals surface area contributed by atoms with Crippen LogP contribution in [0.2, 0.25) is 0 Å².